The minimum absolute atomic E-state index is 0.0864. The van der Waals surface area contributed by atoms with E-state index in [1.807, 2.05) is 0 Å². The minimum atomic E-state index is -0.950. The second kappa shape index (κ2) is 11.9. The van der Waals surface area contributed by atoms with Crippen LogP contribution >= 0.6 is 0 Å². The molecule has 11 nitrogen and oxygen atoms in total. The third-order valence-electron chi connectivity index (χ3n) is 7.83. The van der Waals surface area contributed by atoms with Gasteiger partial charge in [0.15, 0.2) is 5.79 Å². The van der Waals surface area contributed by atoms with Gasteiger partial charge in [0.1, 0.15) is 18.5 Å². The summed E-state index contributed by atoms with van der Waals surface area (Å²) in [7, 11) is 1.23. The SMILES string of the molecule is COC(=O)C1=C(C)NC(C)=C(C(=O)OCC2COC3(CCN(c4ccc(F)cc4)CC3)O2)C1c1cccc([N+](=O)[O-])c1. The Kier molecular flexibility index (Phi) is 8.28. The first kappa shape index (κ1) is 29.2. The van der Waals surface area contributed by atoms with Crippen LogP contribution in [0.25, 0.3) is 0 Å². The summed E-state index contributed by atoms with van der Waals surface area (Å²) in [5.74, 6) is -3.39. The molecule has 5 rings (SSSR count). The number of halogens is 1. The van der Waals surface area contributed by atoms with Crippen LogP contribution in [0.1, 0.15) is 38.2 Å². The molecule has 3 aliphatic heterocycles. The number of dihydropyridines is 1. The third kappa shape index (κ3) is 5.86. The highest BCUT2D eigenvalue weighted by atomic mass is 19.1. The maximum Gasteiger partial charge on any atom is 0.336 e. The summed E-state index contributed by atoms with van der Waals surface area (Å²) >= 11 is 0. The standard InChI is InChI=1S/C30H32FN3O8/c1-18-25(28(35)39-3)27(20-5-4-6-23(15-20)34(37)38)26(19(2)32-18)29(36)40-16-24-17-41-30(42-24)11-13-33(14-12-30)22-9-7-21(31)8-10-22/h4-10,15,24,27,32H,11-14,16-17H2,1-3H3. The molecule has 12 heteroatoms. The Morgan fingerprint density at radius 1 is 1.10 bits per heavy atom. The van der Waals surface area contributed by atoms with Gasteiger partial charge in [-0.15, -0.1) is 0 Å². The van der Waals surface area contributed by atoms with Crippen LogP contribution in [0.15, 0.2) is 71.1 Å². The summed E-state index contributed by atoms with van der Waals surface area (Å²) in [5, 5.41) is 14.5. The number of anilines is 1. The van der Waals surface area contributed by atoms with Crippen LogP contribution in [0.4, 0.5) is 15.8 Å². The van der Waals surface area contributed by atoms with Crippen LogP contribution in [0.5, 0.6) is 0 Å². The van der Waals surface area contributed by atoms with E-state index in [-0.39, 0.29) is 35.9 Å². The quantitative estimate of drug-likeness (QED) is 0.290. The number of carbonyl (C=O) groups excluding carboxylic acids is 2. The fourth-order valence-electron chi connectivity index (χ4n) is 5.76. The monoisotopic (exact) mass is 581 g/mol. The molecule has 3 aliphatic rings. The Morgan fingerprint density at radius 3 is 2.40 bits per heavy atom. The van der Waals surface area contributed by atoms with E-state index in [1.54, 1.807) is 32.0 Å². The molecular weight excluding hydrogens is 549 g/mol. The second-order valence-electron chi connectivity index (χ2n) is 10.5. The van der Waals surface area contributed by atoms with E-state index in [2.05, 4.69) is 10.2 Å². The topological polar surface area (TPSA) is 129 Å². The van der Waals surface area contributed by atoms with Crippen molar-refractivity contribution in [2.24, 2.45) is 0 Å². The Bertz CT molecular complexity index is 1450. The van der Waals surface area contributed by atoms with Gasteiger partial charge < -0.3 is 29.2 Å². The predicted octanol–water partition coefficient (Wildman–Crippen LogP) is 4.10. The number of rotatable bonds is 7. The number of ether oxygens (including phenoxy) is 4. The number of piperidine rings is 1. The number of esters is 2. The maximum absolute atomic E-state index is 13.6. The lowest BCUT2D eigenvalue weighted by molar-refractivity contribution is -0.384. The van der Waals surface area contributed by atoms with Gasteiger partial charge in [0.25, 0.3) is 5.69 Å². The second-order valence-corrected chi connectivity index (χ2v) is 10.5. The van der Waals surface area contributed by atoms with Crippen molar-refractivity contribution < 1.29 is 37.9 Å². The number of methoxy groups -OCH3 is 1. The van der Waals surface area contributed by atoms with Gasteiger partial charge in [0.2, 0.25) is 0 Å². The molecule has 0 radical (unpaired) electrons. The first-order valence-corrected chi connectivity index (χ1v) is 13.6. The fourth-order valence-corrected chi connectivity index (χ4v) is 5.76. The fraction of sp³-hybridized carbons (Fsp3) is 0.400. The highest BCUT2D eigenvalue weighted by molar-refractivity contribution is 5.99. The van der Waals surface area contributed by atoms with Gasteiger partial charge in [-0.2, -0.15) is 0 Å². The molecule has 2 aromatic carbocycles. The molecule has 1 spiro atoms. The maximum atomic E-state index is 13.6. The van der Waals surface area contributed by atoms with E-state index < -0.39 is 34.7 Å². The van der Waals surface area contributed by atoms with E-state index in [0.29, 0.717) is 42.9 Å². The molecule has 0 saturated carbocycles. The molecule has 1 N–H and O–H groups in total. The van der Waals surface area contributed by atoms with Crippen molar-refractivity contribution in [2.45, 2.75) is 44.5 Å². The number of allylic oxidation sites excluding steroid dienone is 2. The average molecular weight is 582 g/mol. The smallest absolute Gasteiger partial charge is 0.336 e. The van der Waals surface area contributed by atoms with E-state index in [1.165, 1.54) is 37.4 Å². The molecule has 0 aromatic heterocycles. The summed E-state index contributed by atoms with van der Waals surface area (Å²) in [4.78, 5) is 39.5. The number of carbonyl (C=O) groups is 2. The zero-order chi connectivity index (χ0) is 30.0. The number of hydrogen-bond acceptors (Lipinski definition) is 10. The number of hydrogen-bond donors (Lipinski definition) is 1. The lowest BCUT2D eigenvalue weighted by Gasteiger charge is -2.39. The molecule has 2 aromatic rings. The van der Waals surface area contributed by atoms with Crippen LogP contribution in [0.2, 0.25) is 0 Å². The van der Waals surface area contributed by atoms with Crippen LogP contribution < -0.4 is 10.2 Å². The lowest BCUT2D eigenvalue weighted by Crippen LogP contribution is -2.45. The van der Waals surface area contributed by atoms with E-state index >= 15 is 0 Å². The Labute approximate surface area is 242 Å². The molecule has 2 fully saturated rings. The summed E-state index contributed by atoms with van der Waals surface area (Å²) in [5.41, 5.74) is 2.34. The van der Waals surface area contributed by atoms with Gasteiger partial charge in [-0.25, -0.2) is 14.0 Å². The summed E-state index contributed by atoms with van der Waals surface area (Å²) in [6, 6.07) is 12.1. The van der Waals surface area contributed by atoms with Crippen molar-refractivity contribution in [1.82, 2.24) is 5.32 Å². The number of non-ortho nitro benzene ring substituents is 1. The summed E-state index contributed by atoms with van der Waals surface area (Å²) in [6.45, 7) is 4.81. The normalized spacial score (nSPS) is 21.8. The van der Waals surface area contributed by atoms with Crippen molar-refractivity contribution in [2.75, 3.05) is 38.3 Å². The largest absolute Gasteiger partial charge is 0.466 e. The summed E-state index contributed by atoms with van der Waals surface area (Å²) in [6.07, 6.45) is 0.673. The zero-order valence-electron chi connectivity index (χ0n) is 23.6. The molecule has 0 amide bonds. The van der Waals surface area contributed by atoms with Gasteiger partial charge in [-0.3, -0.25) is 10.1 Å². The van der Waals surface area contributed by atoms with Crippen LogP contribution in [0, 0.1) is 15.9 Å². The molecule has 2 unspecified atom stereocenters. The van der Waals surface area contributed by atoms with Crippen molar-refractivity contribution in [1.29, 1.82) is 0 Å². The number of benzene rings is 2. The highest BCUT2D eigenvalue weighted by Crippen LogP contribution is 2.41. The van der Waals surface area contributed by atoms with Crippen LogP contribution in [-0.4, -0.2) is 62.2 Å². The molecule has 3 heterocycles. The van der Waals surface area contributed by atoms with Gasteiger partial charge >= 0.3 is 11.9 Å². The molecule has 2 saturated heterocycles. The molecule has 222 valence electrons. The Hall–Kier alpha value is -4.29. The molecule has 2 atom stereocenters. The van der Waals surface area contributed by atoms with Crippen molar-refractivity contribution >= 4 is 23.3 Å². The summed E-state index contributed by atoms with van der Waals surface area (Å²) < 4.78 is 36.3. The average Bonchev–Trinajstić information content (AvgIpc) is 3.38. The molecular formula is C30H32FN3O8. The third-order valence-corrected chi connectivity index (χ3v) is 7.83. The van der Waals surface area contributed by atoms with Gasteiger partial charge in [-0.1, -0.05) is 12.1 Å². The van der Waals surface area contributed by atoms with Gasteiger partial charge in [-0.05, 0) is 43.7 Å². The van der Waals surface area contributed by atoms with E-state index in [4.69, 9.17) is 18.9 Å². The first-order valence-electron chi connectivity index (χ1n) is 13.6. The van der Waals surface area contributed by atoms with Crippen LogP contribution in [-0.2, 0) is 28.5 Å². The molecule has 0 aliphatic carbocycles. The van der Waals surface area contributed by atoms with Crippen LogP contribution in [0.3, 0.4) is 0 Å². The number of nitro benzene ring substituents is 1. The first-order chi connectivity index (χ1) is 20.1. The highest BCUT2D eigenvalue weighted by Gasteiger charge is 2.45. The number of nitrogens with one attached hydrogen (secondary N) is 1. The Morgan fingerprint density at radius 2 is 1.76 bits per heavy atom. The zero-order valence-corrected chi connectivity index (χ0v) is 23.6. The predicted molar refractivity (Wildman–Crippen MR) is 149 cm³/mol. The van der Waals surface area contributed by atoms with Gasteiger partial charge in [0.05, 0.1) is 35.7 Å². The van der Waals surface area contributed by atoms with E-state index in [9.17, 15) is 24.1 Å². The number of nitro groups is 1. The van der Waals surface area contributed by atoms with Gasteiger partial charge in [0, 0.05) is 55.1 Å². The van der Waals surface area contributed by atoms with E-state index in [0.717, 1.165) is 5.69 Å². The van der Waals surface area contributed by atoms with Crippen molar-refractivity contribution in [3.8, 4) is 0 Å². The minimum Gasteiger partial charge on any atom is -0.466 e. The van der Waals surface area contributed by atoms with Crippen molar-refractivity contribution in [3.63, 3.8) is 0 Å². The Balaban J connectivity index is 1.28. The number of nitrogens with zero attached hydrogens (tertiary/aromatic N) is 2. The van der Waals surface area contributed by atoms with Crippen molar-refractivity contribution in [3.05, 3.63) is 92.6 Å². The molecule has 0 bridgehead atoms. The molecule has 42 heavy (non-hydrogen) atoms. The lowest BCUT2D eigenvalue weighted by atomic mass is 9.80.